The standard InChI is InChI=1S/C12H12N2O/c1-8-12(9(2)14-7-13-8)10-3-5-11(15)6-4-10/h3-7,15H,1-2H3. The first-order valence-electron chi connectivity index (χ1n) is 4.76. The number of hydrogen-bond donors (Lipinski definition) is 1. The maximum absolute atomic E-state index is 9.21. The van der Waals surface area contributed by atoms with Gasteiger partial charge >= 0.3 is 0 Å². The zero-order chi connectivity index (χ0) is 10.8. The number of phenols is 1. The van der Waals surface area contributed by atoms with E-state index in [1.165, 1.54) is 0 Å². The van der Waals surface area contributed by atoms with Crippen LogP contribution in [0.25, 0.3) is 11.1 Å². The topological polar surface area (TPSA) is 46.0 Å². The summed E-state index contributed by atoms with van der Waals surface area (Å²) in [5.41, 5.74) is 3.97. The van der Waals surface area contributed by atoms with Crippen LogP contribution in [-0.4, -0.2) is 15.1 Å². The van der Waals surface area contributed by atoms with Gasteiger partial charge in [-0.15, -0.1) is 0 Å². The lowest BCUT2D eigenvalue weighted by atomic mass is 10.0. The molecule has 0 saturated heterocycles. The van der Waals surface area contributed by atoms with Gasteiger partial charge in [-0.25, -0.2) is 9.97 Å². The summed E-state index contributed by atoms with van der Waals surface area (Å²) in [7, 11) is 0. The molecule has 1 N–H and O–H groups in total. The smallest absolute Gasteiger partial charge is 0.115 e. The van der Waals surface area contributed by atoms with Gasteiger partial charge in [0.2, 0.25) is 0 Å². The molecule has 0 aliphatic heterocycles. The van der Waals surface area contributed by atoms with Crippen LogP contribution in [0.1, 0.15) is 11.4 Å². The van der Waals surface area contributed by atoms with Gasteiger partial charge in [-0.1, -0.05) is 12.1 Å². The highest BCUT2D eigenvalue weighted by atomic mass is 16.3. The highest BCUT2D eigenvalue weighted by molar-refractivity contribution is 5.68. The maximum atomic E-state index is 9.21. The molecule has 0 radical (unpaired) electrons. The Morgan fingerprint density at radius 2 is 1.47 bits per heavy atom. The van der Waals surface area contributed by atoms with Crippen LogP contribution in [-0.2, 0) is 0 Å². The van der Waals surface area contributed by atoms with Crippen molar-refractivity contribution in [1.29, 1.82) is 0 Å². The second-order valence-electron chi connectivity index (χ2n) is 3.47. The molecule has 0 aliphatic rings. The molecular formula is C12H12N2O. The molecule has 0 saturated carbocycles. The van der Waals surface area contributed by atoms with Crippen molar-refractivity contribution in [3.63, 3.8) is 0 Å². The minimum atomic E-state index is 0.269. The summed E-state index contributed by atoms with van der Waals surface area (Å²) in [6.07, 6.45) is 1.56. The summed E-state index contributed by atoms with van der Waals surface area (Å²) in [6.45, 7) is 3.91. The molecule has 0 unspecified atom stereocenters. The second kappa shape index (κ2) is 3.69. The summed E-state index contributed by atoms with van der Waals surface area (Å²) in [4.78, 5) is 8.33. The molecule has 0 atom stereocenters. The Morgan fingerprint density at radius 3 is 2.00 bits per heavy atom. The number of aromatic hydroxyl groups is 1. The van der Waals surface area contributed by atoms with Gasteiger partial charge in [0, 0.05) is 17.0 Å². The predicted molar refractivity (Wildman–Crippen MR) is 58.6 cm³/mol. The number of aryl methyl sites for hydroxylation is 2. The highest BCUT2D eigenvalue weighted by Gasteiger charge is 2.06. The van der Waals surface area contributed by atoms with Crippen LogP contribution in [0, 0.1) is 13.8 Å². The van der Waals surface area contributed by atoms with Crippen LogP contribution >= 0.6 is 0 Å². The molecule has 1 heterocycles. The highest BCUT2D eigenvalue weighted by Crippen LogP contribution is 2.25. The summed E-state index contributed by atoms with van der Waals surface area (Å²) in [6, 6.07) is 7.07. The minimum absolute atomic E-state index is 0.269. The lowest BCUT2D eigenvalue weighted by molar-refractivity contribution is 0.475. The van der Waals surface area contributed by atoms with Crippen molar-refractivity contribution in [2.45, 2.75) is 13.8 Å². The molecule has 0 bridgehead atoms. The third-order valence-electron chi connectivity index (χ3n) is 2.38. The Hall–Kier alpha value is -1.90. The van der Waals surface area contributed by atoms with E-state index < -0.39 is 0 Å². The van der Waals surface area contributed by atoms with E-state index in [-0.39, 0.29) is 5.75 Å². The fourth-order valence-corrected chi connectivity index (χ4v) is 1.64. The van der Waals surface area contributed by atoms with E-state index in [0.717, 1.165) is 22.5 Å². The van der Waals surface area contributed by atoms with E-state index in [2.05, 4.69) is 9.97 Å². The largest absolute Gasteiger partial charge is 0.508 e. The number of rotatable bonds is 1. The van der Waals surface area contributed by atoms with Crippen molar-refractivity contribution >= 4 is 0 Å². The van der Waals surface area contributed by atoms with Crippen molar-refractivity contribution in [2.24, 2.45) is 0 Å². The first-order chi connectivity index (χ1) is 7.18. The van der Waals surface area contributed by atoms with Gasteiger partial charge in [-0.3, -0.25) is 0 Å². The molecule has 0 fully saturated rings. The lowest BCUT2D eigenvalue weighted by Crippen LogP contribution is -1.94. The molecule has 1 aromatic carbocycles. The molecule has 1 aromatic heterocycles. The number of phenolic OH excluding ortho intramolecular Hbond substituents is 1. The average Bonchev–Trinajstić information content (AvgIpc) is 2.20. The van der Waals surface area contributed by atoms with Crippen molar-refractivity contribution in [2.75, 3.05) is 0 Å². The third-order valence-corrected chi connectivity index (χ3v) is 2.38. The van der Waals surface area contributed by atoms with Gasteiger partial charge in [0.05, 0.1) is 0 Å². The Morgan fingerprint density at radius 1 is 0.933 bits per heavy atom. The minimum Gasteiger partial charge on any atom is -0.508 e. The van der Waals surface area contributed by atoms with Crippen molar-refractivity contribution in [1.82, 2.24) is 9.97 Å². The number of benzene rings is 1. The molecule has 0 amide bonds. The predicted octanol–water partition coefficient (Wildman–Crippen LogP) is 2.47. The van der Waals surface area contributed by atoms with Crippen molar-refractivity contribution in [3.05, 3.63) is 42.0 Å². The maximum Gasteiger partial charge on any atom is 0.115 e. The quantitative estimate of drug-likeness (QED) is 0.769. The van der Waals surface area contributed by atoms with E-state index >= 15 is 0 Å². The zero-order valence-electron chi connectivity index (χ0n) is 8.73. The number of hydrogen-bond acceptors (Lipinski definition) is 3. The van der Waals surface area contributed by atoms with E-state index in [1.807, 2.05) is 26.0 Å². The van der Waals surface area contributed by atoms with Crippen LogP contribution in [0.4, 0.5) is 0 Å². The fraction of sp³-hybridized carbons (Fsp3) is 0.167. The zero-order valence-corrected chi connectivity index (χ0v) is 8.73. The first-order valence-corrected chi connectivity index (χ1v) is 4.76. The van der Waals surface area contributed by atoms with Crippen LogP contribution in [0.5, 0.6) is 5.75 Å². The van der Waals surface area contributed by atoms with Crippen LogP contribution < -0.4 is 0 Å². The van der Waals surface area contributed by atoms with Gasteiger partial charge < -0.3 is 5.11 Å². The second-order valence-corrected chi connectivity index (χ2v) is 3.47. The Balaban J connectivity index is 2.58. The number of nitrogens with zero attached hydrogens (tertiary/aromatic N) is 2. The monoisotopic (exact) mass is 200 g/mol. The average molecular weight is 200 g/mol. The summed E-state index contributed by atoms with van der Waals surface area (Å²) >= 11 is 0. The normalized spacial score (nSPS) is 10.3. The van der Waals surface area contributed by atoms with Crippen molar-refractivity contribution < 1.29 is 5.11 Å². The Labute approximate surface area is 88.5 Å². The summed E-state index contributed by atoms with van der Waals surface area (Å²) < 4.78 is 0. The van der Waals surface area contributed by atoms with Crippen molar-refractivity contribution in [3.8, 4) is 16.9 Å². The molecule has 0 spiro atoms. The van der Waals surface area contributed by atoms with Gasteiger partial charge in [0.15, 0.2) is 0 Å². The number of aromatic nitrogens is 2. The van der Waals surface area contributed by atoms with Gasteiger partial charge in [-0.2, -0.15) is 0 Å². The molecule has 2 aromatic rings. The van der Waals surface area contributed by atoms with Gasteiger partial charge in [0.1, 0.15) is 12.1 Å². The van der Waals surface area contributed by atoms with Crippen LogP contribution in [0.15, 0.2) is 30.6 Å². The molecule has 0 aliphatic carbocycles. The van der Waals surface area contributed by atoms with E-state index in [4.69, 9.17) is 0 Å². The van der Waals surface area contributed by atoms with E-state index in [1.54, 1.807) is 18.5 Å². The van der Waals surface area contributed by atoms with Gasteiger partial charge in [-0.05, 0) is 31.5 Å². The Bertz CT molecular complexity index is 457. The summed E-state index contributed by atoms with van der Waals surface area (Å²) in [5.74, 6) is 0.269. The molecule has 15 heavy (non-hydrogen) atoms. The Kier molecular flexibility index (Phi) is 2.37. The van der Waals surface area contributed by atoms with E-state index in [0.29, 0.717) is 0 Å². The molecule has 2 rings (SSSR count). The molecule has 3 heteroatoms. The fourth-order valence-electron chi connectivity index (χ4n) is 1.64. The molecule has 76 valence electrons. The van der Waals surface area contributed by atoms with E-state index in [9.17, 15) is 5.11 Å². The lowest BCUT2D eigenvalue weighted by Gasteiger charge is -2.07. The van der Waals surface area contributed by atoms with Gasteiger partial charge in [0.25, 0.3) is 0 Å². The van der Waals surface area contributed by atoms with Crippen LogP contribution in [0.3, 0.4) is 0 Å². The molecular weight excluding hydrogens is 188 g/mol. The molecule has 3 nitrogen and oxygen atoms in total. The summed E-state index contributed by atoms with van der Waals surface area (Å²) in [5, 5.41) is 9.21. The third kappa shape index (κ3) is 1.81. The van der Waals surface area contributed by atoms with Crippen LogP contribution in [0.2, 0.25) is 0 Å². The SMILES string of the molecule is Cc1ncnc(C)c1-c1ccc(O)cc1. The first kappa shape index (κ1) is 9.65.